The molecule has 1 atom stereocenters. The standard InChI is InChI=1S/C25H23N3O3/c1-17(28(2)24(29)16-22-21-13-6-7-14-23(21)31-27-22)19-11-8-12-20(15-19)26-25(30)18-9-4-3-5-10-18/h3-15,17H,16H2,1-2H3,(H,26,30)/t17-/m1/s1. The van der Waals surface area contributed by atoms with Gasteiger partial charge in [0.05, 0.1) is 12.5 Å². The summed E-state index contributed by atoms with van der Waals surface area (Å²) in [5, 5.41) is 7.82. The predicted octanol–water partition coefficient (Wildman–Crippen LogP) is 4.84. The minimum absolute atomic E-state index is 0.0646. The van der Waals surface area contributed by atoms with Gasteiger partial charge in [-0.05, 0) is 48.9 Å². The summed E-state index contributed by atoms with van der Waals surface area (Å²) in [5.41, 5.74) is 3.49. The monoisotopic (exact) mass is 413 g/mol. The lowest BCUT2D eigenvalue weighted by molar-refractivity contribution is -0.131. The summed E-state index contributed by atoms with van der Waals surface area (Å²) in [7, 11) is 1.77. The number of amides is 2. The average molecular weight is 413 g/mol. The van der Waals surface area contributed by atoms with Gasteiger partial charge in [0, 0.05) is 23.7 Å². The Morgan fingerprint density at radius 3 is 2.55 bits per heavy atom. The van der Waals surface area contributed by atoms with Crippen LogP contribution < -0.4 is 5.32 Å². The SMILES string of the molecule is C[C@H](c1cccc(NC(=O)c2ccccc2)c1)N(C)C(=O)Cc1noc2ccccc12. The first-order valence-corrected chi connectivity index (χ1v) is 10.1. The summed E-state index contributed by atoms with van der Waals surface area (Å²) >= 11 is 0. The Morgan fingerprint density at radius 1 is 1.00 bits per heavy atom. The molecule has 156 valence electrons. The maximum atomic E-state index is 12.9. The number of hydrogen-bond acceptors (Lipinski definition) is 4. The first-order chi connectivity index (χ1) is 15.0. The number of anilines is 1. The number of nitrogens with one attached hydrogen (secondary N) is 1. The lowest BCUT2D eigenvalue weighted by atomic mass is 10.1. The third kappa shape index (κ3) is 4.48. The normalized spacial score (nSPS) is 11.8. The molecule has 0 unspecified atom stereocenters. The molecule has 0 spiro atoms. The molecule has 0 bridgehead atoms. The number of fused-ring (bicyclic) bond motifs is 1. The Labute approximate surface area is 180 Å². The number of carbonyl (C=O) groups excluding carboxylic acids is 2. The van der Waals surface area contributed by atoms with Crippen molar-refractivity contribution in [1.82, 2.24) is 10.1 Å². The zero-order valence-electron chi connectivity index (χ0n) is 17.4. The second-order valence-electron chi connectivity index (χ2n) is 7.43. The van der Waals surface area contributed by atoms with Crippen molar-refractivity contribution in [3.8, 4) is 0 Å². The molecule has 0 aliphatic heterocycles. The Kier molecular flexibility index (Phi) is 5.80. The van der Waals surface area contributed by atoms with Crippen molar-refractivity contribution in [2.24, 2.45) is 0 Å². The van der Waals surface area contributed by atoms with Crippen LogP contribution in [0, 0.1) is 0 Å². The Morgan fingerprint density at radius 2 is 1.74 bits per heavy atom. The van der Waals surface area contributed by atoms with Crippen molar-refractivity contribution < 1.29 is 14.1 Å². The van der Waals surface area contributed by atoms with Crippen LogP contribution in [0.1, 0.15) is 34.6 Å². The number of aromatic nitrogens is 1. The van der Waals surface area contributed by atoms with Crippen LogP contribution in [-0.4, -0.2) is 28.9 Å². The molecule has 31 heavy (non-hydrogen) atoms. The second kappa shape index (κ2) is 8.83. The van der Waals surface area contributed by atoms with Gasteiger partial charge in [-0.1, -0.05) is 47.6 Å². The average Bonchev–Trinajstić information content (AvgIpc) is 3.21. The highest BCUT2D eigenvalue weighted by Gasteiger charge is 2.20. The number of nitrogens with zero attached hydrogens (tertiary/aromatic N) is 2. The summed E-state index contributed by atoms with van der Waals surface area (Å²) in [5.74, 6) is -0.238. The summed E-state index contributed by atoms with van der Waals surface area (Å²) in [4.78, 5) is 27.0. The van der Waals surface area contributed by atoms with Gasteiger partial charge in [0.1, 0.15) is 5.69 Å². The van der Waals surface area contributed by atoms with Crippen LogP contribution in [0.4, 0.5) is 5.69 Å². The zero-order chi connectivity index (χ0) is 21.8. The van der Waals surface area contributed by atoms with E-state index in [2.05, 4.69) is 10.5 Å². The summed E-state index contributed by atoms with van der Waals surface area (Å²) in [6.07, 6.45) is 0.155. The molecule has 0 saturated heterocycles. The molecule has 4 aromatic rings. The molecule has 0 aliphatic rings. The van der Waals surface area contributed by atoms with Crippen LogP contribution in [0.5, 0.6) is 0 Å². The highest BCUT2D eigenvalue weighted by atomic mass is 16.5. The van der Waals surface area contributed by atoms with E-state index in [0.717, 1.165) is 10.9 Å². The molecule has 2 amide bonds. The molecule has 3 aromatic carbocycles. The van der Waals surface area contributed by atoms with Crippen LogP contribution in [0.2, 0.25) is 0 Å². The first-order valence-electron chi connectivity index (χ1n) is 10.1. The molecule has 1 N–H and O–H groups in total. The summed E-state index contributed by atoms with van der Waals surface area (Å²) in [6.45, 7) is 1.96. The van der Waals surface area contributed by atoms with Gasteiger partial charge >= 0.3 is 0 Å². The van der Waals surface area contributed by atoms with Crippen molar-refractivity contribution >= 4 is 28.5 Å². The Balaban J connectivity index is 1.45. The van der Waals surface area contributed by atoms with Gasteiger partial charge < -0.3 is 14.7 Å². The van der Waals surface area contributed by atoms with E-state index in [1.165, 1.54) is 0 Å². The van der Waals surface area contributed by atoms with Crippen molar-refractivity contribution in [3.63, 3.8) is 0 Å². The third-order valence-electron chi connectivity index (χ3n) is 5.41. The molecule has 0 aliphatic carbocycles. The van der Waals surface area contributed by atoms with E-state index in [1.807, 2.05) is 73.7 Å². The van der Waals surface area contributed by atoms with Gasteiger partial charge in [-0.15, -0.1) is 0 Å². The molecule has 6 heteroatoms. The van der Waals surface area contributed by atoms with Crippen LogP contribution in [0.3, 0.4) is 0 Å². The van der Waals surface area contributed by atoms with E-state index in [9.17, 15) is 9.59 Å². The van der Waals surface area contributed by atoms with Crippen molar-refractivity contribution in [2.45, 2.75) is 19.4 Å². The number of para-hydroxylation sites is 1. The molecule has 4 rings (SSSR count). The maximum Gasteiger partial charge on any atom is 0.255 e. The highest BCUT2D eigenvalue weighted by molar-refractivity contribution is 6.04. The number of carbonyl (C=O) groups is 2. The minimum atomic E-state index is -0.181. The molecule has 6 nitrogen and oxygen atoms in total. The zero-order valence-corrected chi connectivity index (χ0v) is 17.4. The van der Waals surface area contributed by atoms with E-state index in [1.54, 1.807) is 24.1 Å². The largest absolute Gasteiger partial charge is 0.356 e. The third-order valence-corrected chi connectivity index (χ3v) is 5.41. The summed E-state index contributed by atoms with van der Waals surface area (Å²) in [6, 6.07) is 23.9. The summed E-state index contributed by atoms with van der Waals surface area (Å²) < 4.78 is 5.30. The molecule has 1 aromatic heterocycles. The lowest BCUT2D eigenvalue weighted by Crippen LogP contribution is -2.31. The fraction of sp³-hybridized carbons (Fsp3) is 0.160. The van der Waals surface area contributed by atoms with E-state index >= 15 is 0 Å². The number of hydrogen-bond donors (Lipinski definition) is 1. The molecule has 0 saturated carbocycles. The van der Waals surface area contributed by atoms with Gasteiger partial charge in [0.2, 0.25) is 5.91 Å². The topological polar surface area (TPSA) is 75.4 Å². The predicted molar refractivity (Wildman–Crippen MR) is 120 cm³/mol. The fourth-order valence-corrected chi connectivity index (χ4v) is 3.44. The number of rotatable bonds is 6. The van der Waals surface area contributed by atoms with Crippen molar-refractivity contribution in [1.29, 1.82) is 0 Å². The Bertz CT molecular complexity index is 1220. The molecule has 0 fully saturated rings. The Hall–Kier alpha value is -3.93. The molecular formula is C25H23N3O3. The quantitative estimate of drug-likeness (QED) is 0.491. The van der Waals surface area contributed by atoms with Crippen LogP contribution >= 0.6 is 0 Å². The maximum absolute atomic E-state index is 12.9. The molecule has 0 radical (unpaired) electrons. The smallest absolute Gasteiger partial charge is 0.255 e. The number of benzene rings is 3. The van der Waals surface area contributed by atoms with Crippen LogP contribution in [-0.2, 0) is 11.2 Å². The second-order valence-corrected chi connectivity index (χ2v) is 7.43. The number of likely N-dealkylation sites (N-methyl/N-ethyl adjacent to an activating group) is 1. The van der Waals surface area contributed by atoms with Crippen molar-refractivity contribution in [3.05, 3.63) is 95.7 Å². The fourth-order valence-electron chi connectivity index (χ4n) is 3.44. The van der Waals surface area contributed by atoms with E-state index in [4.69, 9.17) is 4.52 Å². The van der Waals surface area contributed by atoms with Gasteiger partial charge in [-0.2, -0.15) is 0 Å². The lowest BCUT2D eigenvalue weighted by Gasteiger charge is -2.25. The van der Waals surface area contributed by atoms with Crippen molar-refractivity contribution in [2.75, 3.05) is 12.4 Å². The van der Waals surface area contributed by atoms with Gasteiger partial charge in [0.15, 0.2) is 5.58 Å². The molecular weight excluding hydrogens is 390 g/mol. The van der Waals surface area contributed by atoms with E-state index in [0.29, 0.717) is 22.5 Å². The van der Waals surface area contributed by atoms with E-state index in [-0.39, 0.29) is 24.3 Å². The molecule has 1 heterocycles. The van der Waals surface area contributed by atoms with E-state index < -0.39 is 0 Å². The van der Waals surface area contributed by atoms with Gasteiger partial charge in [-0.25, -0.2) is 0 Å². The highest BCUT2D eigenvalue weighted by Crippen LogP contribution is 2.24. The van der Waals surface area contributed by atoms with Gasteiger partial charge in [-0.3, -0.25) is 9.59 Å². The van der Waals surface area contributed by atoms with Crippen LogP contribution in [0.25, 0.3) is 11.0 Å². The van der Waals surface area contributed by atoms with Gasteiger partial charge in [0.25, 0.3) is 5.91 Å². The minimum Gasteiger partial charge on any atom is -0.356 e. The first kappa shape index (κ1) is 20.3. The van der Waals surface area contributed by atoms with Crippen LogP contribution in [0.15, 0.2) is 83.4 Å².